The Morgan fingerprint density at radius 1 is 1.50 bits per heavy atom. The van der Waals surface area contributed by atoms with Crippen LogP contribution in [0.15, 0.2) is 30.6 Å². The topological polar surface area (TPSA) is 67.7 Å². The molecule has 1 aromatic heterocycles. The van der Waals surface area contributed by atoms with E-state index in [0.717, 1.165) is 5.56 Å². The first-order valence-electron chi connectivity index (χ1n) is 4.73. The summed E-state index contributed by atoms with van der Waals surface area (Å²) in [6.07, 6.45) is 3.48. The average molecular weight is 218 g/mol. The fraction of sp³-hybridized carbons (Fsp3) is 0.0909. The van der Waals surface area contributed by atoms with E-state index in [1.54, 1.807) is 23.1 Å². The minimum absolute atomic E-state index is 0.178. The fourth-order valence-corrected chi connectivity index (χ4v) is 1.47. The summed E-state index contributed by atoms with van der Waals surface area (Å²) in [5.74, 6) is -0.597. The minimum Gasteiger partial charge on any atom is -0.384 e. The van der Waals surface area contributed by atoms with Crippen LogP contribution in [0.2, 0.25) is 0 Å². The maximum absolute atomic E-state index is 13.0. The van der Waals surface area contributed by atoms with Crippen LogP contribution in [-0.4, -0.2) is 15.6 Å². The molecule has 82 valence electrons. The number of halogens is 1. The zero-order valence-corrected chi connectivity index (χ0v) is 8.74. The van der Waals surface area contributed by atoms with Crippen LogP contribution in [0.3, 0.4) is 0 Å². The second-order valence-electron chi connectivity index (χ2n) is 3.54. The lowest BCUT2D eigenvalue weighted by Crippen LogP contribution is -2.15. The molecular weight excluding hydrogens is 207 g/mol. The summed E-state index contributed by atoms with van der Waals surface area (Å²) in [6.45, 7) is 1.90. The third-order valence-corrected chi connectivity index (χ3v) is 2.21. The lowest BCUT2D eigenvalue weighted by atomic mass is 10.1. The van der Waals surface area contributed by atoms with Crippen molar-refractivity contribution in [1.82, 2.24) is 9.78 Å². The first-order chi connectivity index (χ1) is 7.58. The van der Waals surface area contributed by atoms with Gasteiger partial charge in [-0.2, -0.15) is 5.10 Å². The first-order valence-corrected chi connectivity index (χ1v) is 4.73. The summed E-state index contributed by atoms with van der Waals surface area (Å²) in [5, 5.41) is 11.5. The number of nitrogens with zero attached hydrogens (tertiary/aromatic N) is 2. The van der Waals surface area contributed by atoms with Crippen molar-refractivity contribution in [3.63, 3.8) is 0 Å². The molecule has 3 N–H and O–H groups in total. The van der Waals surface area contributed by atoms with Crippen molar-refractivity contribution in [2.45, 2.75) is 6.92 Å². The van der Waals surface area contributed by atoms with Gasteiger partial charge >= 0.3 is 0 Å². The smallest absolute Gasteiger partial charge is 0.125 e. The molecule has 0 radical (unpaired) electrons. The van der Waals surface area contributed by atoms with E-state index in [0.29, 0.717) is 11.3 Å². The third-order valence-electron chi connectivity index (χ3n) is 2.21. The maximum Gasteiger partial charge on any atom is 0.125 e. The highest BCUT2D eigenvalue weighted by Gasteiger charge is 2.09. The lowest BCUT2D eigenvalue weighted by Gasteiger charge is -2.07. The molecule has 1 aromatic carbocycles. The van der Waals surface area contributed by atoms with Crippen LogP contribution < -0.4 is 5.73 Å². The predicted molar refractivity (Wildman–Crippen MR) is 59.3 cm³/mol. The number of aryl methyl sites for hydroxylation is 1. The lowest BCUT2D eigenvalue weighted by molar-refractivity contribution is 0.626. The normalized spacial score (nSPS) is 10.4. The van der Waals surface area contributed by atoms with Gasteiger partial charge in [-0.3, -0.25) is 5.41 Å². The summed E-state index contributed by atoms with van der Waals surface area (Å²) < 4.78 is 14.6. The molecule has 1 heterocycles. The molecule has 0 aliphatic heterocycles. The number of benzene rings is 1. The van der Waals surface area contributed by atoms with Gasteiger partial charge < -0.3 is 5.73 Å². The van der Waals surface area contributed by atoms with Crippen LogP contribution in [0.5, 0.6) is 0 Å². The number of hydrogen-bond donors (Lipinski definition) is 2. The van der Waals surface area contributed by atoms with Crippen molar-refractivity contribution < 1.29 is 4.39 Å². The van der Waals surface area contributed by atoms with Crippen molar-refractivity contribution in [3.05, 3.63) is 47.5 Å². The van der Waals surface area contributed by atoms with Gasteiger partial charge in [0.2, 0.25) is 0 Å². The number of rotatable bonds is 2. The second-order valence-corrected chi connectivity index (χ2v) is 3.54. The molecule has 2 aromatic rings. The number of hydrogen-bond acceptors (Lipinski definition) is 2. The van der Waals surface area contributed by atoms with E-state index in [4.69, 9.17) is 11.1 Å². The van der Waals surface area contributed by atoms with Crippen LogP contribution in [0.1, 0.15) is 11.1 Å². The van der Waals surface area contributed by atoms with Crippen LogP contribution in [0.25, 0.3) is 5.69 Å². The molecule has 0 saturated carbocycles. The molecule has 16 heavy (non-hydrogen) atoms. The Bertz CT molecular complexity index is 545. The molecule has 0 fully saturated rings. The molecule has 0 aliphatic carbocycles. The average Bonchev–Trinajstić information content (AvgIpc) is 2.64. The van der Waals surface area contributed by atoms with Gasteiger partial charge in [0, 0.05) is 11.8 Å². The second kappa shape index (κ2) is 3.77. The zero-order valence-electron chi connectivity index (χ0n) is 8.74. The van der Waals surface area contributed by atoms with Crippen molar-refractivity contribution in [1.29, 1.82) is 5.41 Å². The highest BCUT2D eigenvalue weighted by Crippen LogP contribution is 2.15. The molecule has 2 rings (SSSR count). The van der Waals surface area contributed by atoms with E-state index in [1.165, 1.54) is 12.1 Å². The van der Waals surface area contributed by atoms with Crippen molar-refractivity contribution in [3.8, 4) is 5.69 Å². The Morgan fingerprint density at radius 2 is 2.25 bits per heavy atom. The summed E-state index contributed by atoms with van der Waals surface area (Å²) in [4.78, 5) is 0. The minimum atomic E-state index is -0.419. The van der Waals surface area contributed by atoms with E-state index in [9.17, 15) is 4.39 Å². The Labute approximate surface area is 92.0 Å². The number of aromatic nitrogens is 2. The van der Waals surface area contributed by atoms with Crippen LogP contribution >= 0.6 is 0 Å². The SMILES string of the molecule is Cc1cnn(-c2ccc(F)cc2C(=N)N)c1. The van der Waals surface area contributed by atoms with Gasteiger partial charge in [0.15, 0.2) is 0 Å². The standard InChI is InChI=1S/C11H11FN4/c1-7-5-15-16(6-7)10-3-2-8(12)4-9(10)11(13)14/h2-6H,1H3,(H3,13,14). The Kier molecular flexibility index (Phi) is 2.44. The summed E-state index contributed by atoms with van der Waals surface area (Å²) >= 11 is 0. The molecule has 0 bridgehead atoms. The molecular formula is C11H11FN4. The van der Waals surface area contributed by atoms with Crippen LogP contribution in [0, 0.1) is 18.2 Å². The third kappa shape index (κ3) is 1.79. The Hall–Kier alpha value is -2.17. The number of amidine groups is 1. The maximum atomic E-state index is 13.0. The van der Waals surface area contributed by atoms with Gasteiger partial charge in [0.1, 0.15) is 11.7 Å². The van der Waals surface area contributed by atoms with Gasteiger partial charge in [0.05, 0.1) is 11.9 Å². The van der Waals surface area contributed by atoms with E-state index >= 15 is 0 Å². The van der Waals surface area contributed by atoms with Gasteiger partial charge in [-0.15, -0.1) is 0 Å². The van der Waals surface area contributed by atoms with Crippen molar-refractivity contribution in [2.24, 2.45) is 5.73 Å². The van der Waals surface area contributed by atoms with E-state index < -0.39 is 5.82 Å². The van der Waals surface area contributed by atoms with Gasteiger partial charge in [-0.1, -0.05) is 0 Å². The quantitative estimate of drug-likeness (QED) is 0.594. The first kappa shape index (κ1) is 10.4. The molecule has 4 nitrogen and oxygen atoms in total. The number of nitrogen functional groups attached to an aromatic ring is 1. The van der Waals surface area contributed by atoms with Gasteiger partial charge in [-0.05, 0) is 30.7 Å². The molecule has 0 spiro atoms. The van der Waals surface area contributed by atoms with Crippen molar-refractivity contribution in [2.75, 3.05) is 0 Å². The summed E-state index contributed by atoms with van der Waals surface area (Å²) in [5.41, 5.74) is 7.32. The predicted octanol–water partition coefficient (Wildman–Crippen LogP) is 1.60. The van der Waals surface area contributed by atoms with Crippen LogP contribution in [-0.2, 0) is 0 Å². The number of nitrogens with two attached hydrogens (primary N) is 1. The van der Waals surface area contributed by atoms with Crippen LogP contribution in [0.4, 0.5) is 4.39 Å². The van der Waals surface area contributed by atoms with E-state index in [2.05, 4.69) is 5.10 Å². The molecule has 0 unspecified atom stereocenters. The summed E-state index contributed by atoms with van der Waals surface area (Å²) in [6, 6.07) is 4.10. The van der Waals surface area contributed by atoms with Gasteiger partial charge in [-0.25, -0.2) is 9.07 Å². The monoisotopic (exact) mass is 218 g/mol. The fourth-order valence-electron chi connectivity index (χ4n) is 1.47. The summed E-state index contributed by atoms with van der Waals surface area (Å²) in [7, 11) is 0. The van der Waals surface area contributed by atoms with E-state index in [-0.39, 0.29) is 5.84 Å². The number of nitrogens with one attached hydrogen (secondary N) is 1. The molecule has 5 heteroatoms. The highest BCUT2D eigenvalue weighted by atomic mass is 19.1. The molecule has 0 saturated heterocycles. The van der Waals surface area contributed by atoms with Gasteiger partial charge in [0.25, 0.3) is 0 Å². The van der Waals surface area contributed by atoms with Crippen molar-refractivity contribution >= 4 is 5.84 Å². The zero-order chi connectivity index (χ0) is 11.7. The Balaban J connectivity index is 2.60. The molecule has 0 amide bonds. The molecule has 0 aliphatic rings. The Morgan fingerprint density at radius 3 is 2.81 bits per heavy atom. The highest BCUT2D eigenvalue weighted by molar-refractivity contribution is 5.98. The molecule has 0 atom stereocenters. The largest absolute Gasteiger partial charge is 0.384 e. The van der Waals surface area contributed by atoms with E-state index in [1.807, 2.05) is 6.92 Å².